The molecule has 0 atom stereocenters. The Morgan fingerprint density at radius 1 is 0.650 bits per heavy atom. The molecule has 0 unspecified atom stereocenters. The van der Waals surface area contributed by atoms with Crippen molar-refractivity contribution >= 4 is 31.9 Å². The first-order valence-corrected chi connectivity index (χ1v) is 9.18. The Bertz CT molecular complexity index is 534. The zero-order valence-electron chi connectivity index (χ0n) is 12.0. The molecule has 0 saturated heterocycles. The maximum atomic E-state index is 3.56. The summed E-state index contributed by atoms with van der Waals surface area (Å²) in [6, 6.07) is 13.2. The Morgan fingerprint density at radius 3 is 1.35 bits per heavy atom. The Hall–Kier alpha value is -0.600. The third-order valence-corrected chi connectivity index (χ3v) is 5.28. The van der Waals surface area contributed by atoms with E-state index >= 15 is 0 Å². The standard InChI is InChI=1S/C18H20Br2/c1-13-15(5-3-7-17(13)11-19)9-10-16-6-4-8-18(12-20)14(16)2/h3-8H,9-12H2,1-2H3. The second kappa shape index (κ2) is 7.42. The molecule has 0 saturated carbocycles. The molecule has 0 aromatic heterocycles. The van der Waals surface area contributed by atoms with E-state index in [-0.39, 0.29) is 0 Å². The molecule has 2 aromatic carbocycles. The summed E-state index contributed by atoms with van der Waals surface area (Å²) in [7, 11) is 0. The molecule has 2 aromatic rings. The van der Waals surface area contributed by atoms with Crippen molar-refractivity contribution in [3.05, 3.63) is 69.8 Å². The van der Waals surface area contributed by atoms with E-state index in [0.29, 0.717) is 0 Å². The third-order valence-electron chi connectivity index (χ3n) is 4.07. The maximum Gasteiger partial charge on any atom is 0.0285 e. The molecular weight excluding hydrogens is 376 g/mol. The molecule has 0 N–H and O–H groups in total. The van der Waals surface area contributed by atoms with Crippen molar-refractivity contribution < 1.29 is 0 Å². The first kappa shape index (κ1) is 15.8. The van der Waals surface area contributed by atoms with E-state index in [4.69, 9.17) is 0 Å². The molecule has 0 aliphatic heterocycles. The largest absolute Gasteiger partial charge is 0.0876 e. The fraction of sp³-hybridized carbons (Fsp3) is 0.333. The molecule has 2 heteroatoms. The third kappa shape index (κ3) is 3.53. The van der Waals surface area contributed by atoms with Gasteiger partial charge in [-0.15, -0.1) is 0 Å². The topological polar surface area (TPSA) is 0 Å². The summed E-state index contributed by atoms with van der Waals surface area (Å²) in [5.74, 6) is 0. The zero-order valence-corrected chi connectivity index (χ0v) is 15.2. The average molecular weight is 396 g/mol. The first-order chi connectivity index (χ1) is 9.67. The second-order valence-corrected chi connectivity index (χ2v) is 6.29. The number of benzene rings is 2. The lowest BCUT2D eigenvalue weighted by molar-refractivity contribution is 0.931. The normalized spacial score (nSPS) is 10.8. The molecule has 0 heterocycles. The summed E-state index contributed by atoms with van der Waals surface area (Å²) in [4.78, 5) is 0. The highest BCUT2D eigenvalue weighted by molar-refractivity contribution is 9.08. The van der Waals surface area contributed by atoms with Crippen molar-refractivity contribution in [1.29, 1.82) is 0 Å². The van der Waals surface area contributed by atoms with Gasteiger partial charge in [0.2, 0.25) is 0 Å². The van der Waals surface area contributed by atoms with Crippen LogP contribution in [-0.2, 0) is 23.5 Å². The molecule has 0 bridgehead atoms. The molecule has 0 spiro atoms. The number of hydrogen-bond donors (Lipinski definition) is 0. The van der Waals surface area contributed by atoms with Gasteiger partial charge in [0.15, 0.2) is 0 Å². The lowest BCUT2D eigenvalue weighted by Crippen LogP contribution is -1.99. The van der Waals surface area contributed by atoms with E-state index in [1.165, 1.54) is 33.4 Å². The highest BCUT2D eigenvalue weighted by atomic mass is 79.9. The number of hydrogen-bond acceptors (Lipinski definition) is 0. The van der Waals surface area contributed by atoms with Crippen molar-refractivity contribution in [2.24, 2.45) is 0 Å². The van der Waals surface area contributed by atoms with E-state index in [2.05, 4.69) is 82.1 Å². The van der Waals surface area contributed by atoms with Gasteiger partial charge in [-0.25, -0.2) is 0 Å². The van der Waals surface area contributed by atoms with Gasteiger partial charge >= 0.3 is 0 Å². The van der Waals surface area contributed by atoms with Gasteiger partial charge in [-0.1, -0.05) is 68.3 Å². The smallest absolute Gasteiger partial charge is 0.0285 e. The molecular formula is C18H20Br2. The molecule has 20 heavy (non-hydrogen) atoms. The lowest BCUT2D eigenvalue weighted by atomic mass is 9.94. The van der Waals surface area contributed by atoms with Crippen molar-refractivity contribution in [2.75, 3.05) is 0 Å². The van der Waals surface area contributed by atoms with Crippen molar-refractivity contribution in [3.63, 3.8) is 0 Å². The minimum Gasteiger partial charge on any atom is -0.0876 e. The van der Waals surface area contributed by atoms with Crippen LogP contribution in [0.4, 0.5) is 0 Å². The summed E-state index contributed by atoms with van der Waals surface area (Å²) in [5, 5.41) is 1.87. The van der Waals surface area contributed by atoms with Crippen molar-refractivity contribution in [1.82, 2.24) is 0 Å². The zero-order chi connectivity index (χ0) is 14.5. The average Bonchev–Trinajstić information content (AvgIpc) is 2.47. The molecule has 0 amide bonds. The Labute approximate surface area is 138 Å². The molecule has 106 valence electrons. The minimum absolute atomic E-state index is 0.935. The summed E-state index contributed by atoms with van der Waals surface area (Å²) in [5.41, 5.74) is 8.58. The SMILES string of the molecule is Cc1c(CBr)cccc1CCc1cccc(CBr)c1C. The fourth-order valence-electron chi connectivity index (χ4n) is 2.57. The van der Waals surface area contributed by atoms with Gasteiger partial charge in [0.25, 0.3) is 0 Å². The highest BCUT2D eigenvalue weighted by Gasteiger charge is 2.06. The van der Waals surface area contributed by atoms with E-state index in [1.54, 1.807) is 0 Å². The van der Waals surface area contributed by atoms with Crippen molar-refractivity contribution in [3.8, 4) is 0 Å². The van der Waals surface area contributed by atoms with Crippen LogP contribution in [0.25, 0.3) is 0 Å². The van der Waals surface area contributed by atoms with E-state index in [1.807, 2.05) is 0 Å². The van der Waals surface area contributed by atoms with Gasteiger partial charge in [0.1, 0.15) is 0 Å². The summed E-state index contributed by atoms with van der Waals surface area (Å²) in [6.07, 6.45) is 2.22. The minimum atomic E-state index is 0.935. The number of rotatable bonds is 5. The summed E-state index contributed by atoms with van der Waals surface area (Å²) in [6.45, 7) is 4.46. The molecule has 0 nitrogen and oxygen atoms in total. The first-order valence-electron chi connectivity index (χ1n) is 6.94. The van der Waals surface area contributed by atoms with Gasteiger partial charge in [0, 0.05) is 10.7 Å². The molecule has 0 fully saturated rings. The molecule has 0 aliphatic carbocycles. The highest BCUT2D eigenvalue weighted by Crippen LogP contribution is 2.21. The van der Waals surface area contributed by atoms with Crippen LogP contribution in [0.15, 0.2) is 36.4 Å². The second-order valence-electron chi connectivity index (χ2n) is 5.17. The molecule has 2 rings (SSSR count). The molecule has 0 radical (unpaired) electrons. The van der Waals surface area contributed by atoms with Crippen LogP contribution in [-0.4, -0.2) is 0 Å². The fourth-order valence-corrected chi connectivity index (χ4v) is 3.79. The Morgan fingerprint density at radius 2 is 1.00 bits per heavy atom. The van der Waals surface area contributed by atoms with Crippen LogP contribution in [0.3, 0.4) is 0 Å². The van der Waals surface area contributed by atoms with Crippen LogP contribution >= 0.6 is 31.9 Å². The maximum absolute atomic E-state index is 3.56. The quantitative estimate of drug-likeness (QED) is 0.554. The predicted octanol–water partition coefficient (Wildman–Crippen LogP) is 5.88. The summed E-state index contributed by atoms with van der Waals surface area (Å²) < 4.78 is 0. The van der Waals surface area contributed by atoms with E-state index in [0.717, 1.165) is 23.5 Å². The van der Waals surface area contributed by atoms with Crippen LogP contribution in [0.1, 0.15) is 33.4 Å². The van der Waals surface area contributed by atoms with Gasteiger partial charge in [-0.2, -0.15) is 0 Å². The monoisotopic (exact) mass is 394 g/mol. The Balaban J connectivity index is 2.17. The number of alkyl halides is 2. The van der Waals surface area contributed by atoms with Crippen molar-refractivity contribution in [2.45, 2.75) is 37.3 Å². The molecule has 0 aliphatic rings. The van der Waals surface area contributed by atoms with Gasteiger partial charge in [0.05, 0.1) is 0 Å². The summed E-state index contributed by atoms with van der Waals surface area (Å²) >= 11 is 7.13. The van der Waals surface area contributed by atoms with E-state index < -0.39 is 0 Å². The van der Waals surface area contributed by atoms with Gasteiger partial charge in [-0.3, -0.25) is 0 Å². The van der Waals surface area contributed by atoms with Crippen LogP contribution in [0, 0.1) is 13.8 Å². The predicted molar refractivity (Wildman–Crippen MR) is 95.0 cm³/mol. The van der Waals surface area contributed by atoms with E-state index in [9.17, 15) is 0 Å². The van der Waals surface area contributed by atoms with Crippen LogP contribution < -0.4 is 0 Å². The number of aryl methyl sites for hydroxylation is 2. The van der Waals surface area contributed by atoms with Gasteiger partial charge in [-0.05, 0) is 60.1 Å². The van der Waals surface area contributed by atoms with Crippen LogP contribution in [0.2, 0.25) is 0 Å². The van der Waals surface area contributed by atoms with Crippen LogP contribution in [0.5, 0.6) is 0 Å². The van der Waals surface area contributed by atoms with Gasteiger partial charge < -0.3 is 0 Å². The lowest BCUT2D eigenvalue weighted by Gasteiger charge is -2.12. The Kier molecular flexibility index (Phi) is 5.86. The number of halogens is 2.